The molecule has 34 heavy (non-hydrogen) atoms. The predicted octanol–water partition coefficient (Wildman–Crippen LogP) is 5.37. The number of rotatable bonds is 5. The Bertz CT molecular complexity index is 1190. The van der Waals surface area contributed by atoms with Crippen LogP contribution in [0.4, 0.5) is 14.9 Å². The van der Waals surface area contributed by atoms with Crippen molar-refractivity contribution in [3.8, 4) is 0 Å². The number of hydrogen-bond donors (Lipinski definition) is 0. The van der Waals surface area contributed by atoms with Crippen LogP contribution in [-0.4, -0.2) is 44.2 Å². The molecule has 0 bridgehead atoms. The maximum absolute atomic E-state index is 14.2. The van der Waals surface area contributed by atoms with E-state index >= 15 is 0 Å². The highest BCUT2D eigenvalue weighted by Gasteiger charge is 2.30. The number of urea groups is 1. The van der Waals surface area contributed by atoms with E-state index in [-0.39, 0.29) is 30.2 Å². The molecule has 1 saturated heterocycles. The zero-order valence-electron chi connectivity index (χ0n) is 19.7. The van der Waals surface area contributed by atoms with E-state index in [0.717, 1.165) is 40.3 Å². The molecule has 1 heterocycles. The number of halogens is 1. The van der Waals surface area contributed by atoms with Crippen LogP contribution in [0, 0.1) is 12.7 Å². The van der Waals surface area contributed by atoms with E-state index in [1.165, 1.54) is 25.3 Å². The molecular weight excluding hydrogens is 435 g/mol. The van der Waals surface area contributed by atoms with Gasteiger partial charge in [0, 0.05) is 13.1 Å². The zero-order valence-corrected chi connectivity index (χ0v) is 19.7. The number of likely N-dealkylation sites (tertiary alicyclic amines) is 1. The van der Waals surface area contributed by atoms with E-state index in [1.54, 1.807) is 17.0 Å². The summed E-state index contributed by atoms with van der Waals surface area (Å²) in [5.74, 6) is -0.463. The lowest BCUT2D eigenvalue weighted by Crippen LogP contribution is -2.46. The van der Waals surface area contributed by atoms with Crippen molar-refractivity contribution < 1.29 is 23.6 Å². The molecule has 1 fully saturated rings. The standard InChI is InChI=1S/C27H29FN2O4/c1-18-21(16-25(31)33-2)15-20-9-10-22(28)17-24(20)26(18)19-11-13-29(14-12-19)27(32)30(34-3)23-7-5-4-6-8-23/h4-10,15,17,19H,11-14,16H2,1-3H3. The monoisotopic (exact) mass is 464 g/mol. The Morgan fingerprint density at radius 2 is 1.76 bits per heavy atom. The van der Waals surface area contributed by atoms with Crippen LogP contribution in [0.25, 0.3) is 10.8 Å². The summed E-state index contributed by atoms with van der Waals surface area (Å²) in [5.41, 5.74) is 3.59. The number of carbonyl (C=O) groups is 2. The first-order valence-corrected chi connectivity index (χ1v) is 11.4. The lowest BCUT2D eigenvalue weighted by molar-refractivity contribution is -0.139. The van der Waals surface area contributed by atoms with E-state index in [2.05, 4.69) is 0 Å². The van der Waals surface area contributed by atoms with E-state index in [1.807, 2.05) is 43.3 Å². The van der Waals surface area contributed by atoms with Crippen molar-refractivity contribution in [2.75, 3.05) is 32.4 Å². The van der Waals surface area contributed by atoms with Gasteiger partial charge in [0.15, 0.2) is 0 Å². The minimum absolute atomic E-state index is 0.138. The Balaban J connectivity index is 1.60. The van der Waals surface area contributed by atoms with Crippen molar-refractivity contribution in [2.45, 2.75) is 32.1 Å². The highest BCUT2D eigenvalue weighted by atomic mass is 19.1. The van der Waals surface area contributed by atoms with Gasteiger partial charge in [0.2, 0.25) is 0 Å². The van der Waals surface area contributed by atoms with Crippen LogP contribution < -0.4 is 5.06 Å². The number of piperidine rings is 1. The molecule has 0 spiro atoms. The van der Waals surface area contributed by atoms with E-state index in [9.17, 15) is 14.0 Å². The summed E-state index contributed by atoms with van der Waals surface area (Å²) in [7, 11) is 2.86. The first-order chi connectivity index (χ1) is 16.4. The molecule has 6 nitrogen and oxygen atoms in total. The minimum atomic E-state index is -0.309. The molecular formula is C27H29FN2O4. The molecule has 0 aliphatic carbocycles. The molecule has 0 radical (unpaired) electrons. The molecule has 7 heteroatoms. The maximum atomic E-state index is 14.2. The number of carbonyl (C=O) groups excluding carboxylic acids is 2. The third-order valence-corrected chi connectivity index (χ3v) is 6.60. The fourth-order valence-electron chi connectivity index (χ4n) is 4.84. The number of hydroxylamine groups is 1. The van der Waals surface area contributed by atoms with Gasteiger partial charge in [0.25, 0.3) is 0 Å². The lowest BCUT2D eigenvalue weighted by atomic mass is 9.81. The second-order valence-electron chi connectivity index (χ2n) is 8.55. The molecule has 0 aromatic heterocycles. The van der Waals surface area contributed by atoms with Crippen molar-refractivity contribution in [2.24, 2.45) is 0 Å². The van der Waals surface area contributed by atoms with Crippen LogP contribution in [0.3, 0.4) is 0 Å². The van der Waals surface area contributed by atoms with Gasteiger partial charge in [-0.3, -0.25) is 9.63 Å². The summed E-state index contributed by atoms with van der Waals surface area (Å²) in [6, 6.07) is 15.7. The van der Waals surface area contributed by atoms with Crippen LogP contribution in [0.15, 0.2) is 54.6 Å². The smallest absolute Gasteiger partial charge is 0.348 e. The molecule has 0 unspecified atom stereocenters. The maximum Gasteiger partial charge on any atom is 0.348 e. The van der Waals surface area contributed by atoms with Crippen molar-refractivity contribution in [1.29, 1.82) is 0 Å². The van der Waals surface area contributed by atoms with Gasteiger partial charge in [0.05, 0.1) is 26.3 Å². The van der Waals surface area contributed by atoms with Gasteiger partial charge in [-0.1, -0.05) is 30.3 Å². The summed E-state index contributed by atoms with van der Waals surface area (Å²) >= 11 is 0. The van der Waals surface area contributed by atoms with Crippen LogP contribution in [0.5, 0.6) is 0 Å². The summed E-state index contributed by atoms with van der Waals surface area (Å²) in [4.78, 5) is 32.3. The number of anilines is 1. The largest absolute Gasteiger partial charge is 0.469 e. The second-order valence-corrected chi connectivity index (χ2v) is 8.55. The number of hydrogen-bond acceptors (Lipinski definition) is 4. The van der Waals surface area contributed by atoms with Gasteiger partial charge in [-0.25, -0.2) is 9.18 Å². The van der Waals surface area contributed by atoms with Gasteiger partial charge in [-0.05, 0) is 77.4 Å². The molecule has 178 valence electrons. The Morgan fingerprint density at radius 3 is 2.41 bits per heavy atom. The first-order valence-electron chi connectivity index (χ1n) is 11.4. The fourth-order valence-corrected chi connectivity index (χ4v) is 4.84. The number of esters is 1. The Labute approximate surface area is 198 Å². The van der Waals surface area contributed by atoms with Gasteiger partial charge in [-0.2, -0.15) is 5.06 Å². The van der Waals surface area contributed by atoms with Crippen LogP contribution in [0.2, 0.25) is 0 Å². The average Bonchev–Trinajstić information content (AvgIpc) is 2.86. The number of methoxy groups -OCH3 is 1. The molecule has 4 rings (SSSR count). The summed E-state index contributed by atoms with van der Waals surface area (Å²) < 4.78 is 19.1. The predicted molar refractivity (Wildman–Crippen MR) is 129 cm³/mol. The summed E-state index contributed by atoms with van der Waals surface area (Å²) in [5, 5.41) is 3.06. The topological polar surface area (TPSA) is 59.1 Å². The third kappa shape index (κ3) is 4.75. The van der Waals surface area contributed by atoms with Gasteiger partial charge in [-0.15, -0.1) is 0 Å². The van der Waals surface area contributed by atoms with Gasteiger partial charge >= 0.3 is 12.0 Å². The molecule has 2 amide bonds. The number of para-hydroxylation sites is 1. The number of nitrogens with zero attached hydrogens (tertiary/aromatic N) is 2. The quantitative estimate of drug-likeness (QED) is 0.376. The highest BCUT2D eigenvalue weighted by molar-refractivity contribution is 5.91. The average molecular weight is 465 g/mol. The minimum Gasteiger partial charge on any atom is -0.469 e. The number of fused-ring (bicyclic) bond motifs is 1. The molecule has 3 aromatic rings. The summed E-state index contributed by atoms with van der Waals surface area (Å²) in [6.45, 7) is 3.08. The summed E-state index contributed by atoms with van der Waals surface area (Å²) in [6.07, 6.45) is 1.62. The van der Waals surface area contributed by atoms with Crippen LogP contribution >= 0.6 is 0 Å². The zero-order chi connectivity index (χ0) is 24.2. The fraction of sp³-hybridized carbons (Fsp3) is 0.333. The van der Waals surface area contributed by atoms with Crippen molar-refractivity contribution in [3.63, 3.8) is 0 Å². The van der Waals surface area contributed by atoms with E-state index < -0.39 is 0 Å². The van der Waals surface area contributed by atoms with Crippen LogP contribution in [-0.2, 0) is 20.8 Å². The van der Waals surface area contributed by atoms with Crippen molar-refractivity contribution in [3.05, 3.63) is 77.1 Å². The van der Waals surface area contributed by atoms with Crippen molar-refractivity contribution >= 4 is 28.5 Å². The molecule has 3 aromatic carbocycles. The molecule has 1 aliphatic heterocycles. The highest BCUT2D eigenvalue weighted by Crippen LogP contribution is 2.38. The Morgan fingerprint density at radius 1 is 1.06 bits per heavy atom. The van der Waals surface area contributed by atoms with E-state index in [4.69, 9.17) is 9.57 Å². The molecule has 1 aliphatic rings. The third-order valence-electron chi connectivity index (χ3n) is 6.60. The Kier molecular flexibility index (Phi) is 7.12. The van der Waals surface area contributed by atoms with Gasteiger partial charge < -0.3 is 9.64 Å². The van der Waals surface area contributed by atoms with Crippen molar-refractivity contribution in [1.82, 2.24) is 4.90 Å². The normalized spacial score (nSPS) is 14.3. The molecule has 0 saturated carbocycles. The Hall–Kier alpha value is -3.45. The number of ether oxygens (including phenoxy) is 1. The second kappa shape index (κ2) is 10.2. The number of amides is 2. The first kappa shape index (κ1) is 23.7. The SMILES string of the molecule is COC(=O)Cc1cc2ccc(F)cc2c(C2CCN(C(=O)N(OC)c3ccccc3)CC2)c1C. The number of benzene rings is 3. The molecule has 0 N–H and O–H groups in total. The van der Waals surface area contributed by atoms with Gasteiger partial charge in [0.1, 0.15) is 5.82 Å². The van der Waals surface area contributed by atoms with E-state index in [0.29, 0.717) is 18.8 Å². The molecule has 0 atom stereocenters. The lowest BCUT2D eigenvalue weighted by Gasteiger charge is -2.36. The van der Waals surface area contributed by atoms with Crippen LogP contribution in [0.1, 0.15) is 35.4 Å².